The van der Waals surface area contributed by atoms with Crippen molar-refractivity contribution in [3.05, 3.63) is 23.8 Å². The summed E-state index contributed by atoms with van der Waals surface area (Å²) in [5, 5.41) is 13.3. The summed E-state index contributed by atoms with van der Waals surface area (Å²) in [6.45, 7) is -0.353. The molecule has 0 aromatic heterocycles. The number of alkyl halides is 5. The third-order valence-corrected chi connectivity index (χ3v) is 3.48. The van der Waals surface area contributed by atoms with Gasteiger partial charge in [0.25, 0.3) is 11.6 Å². The fourth-order valence-corrected chi connectivity index (χ4v) is 2.38. The first-order chi connectivity index (χ1) is 12.0. The number of rotatable bonds is 5. The van der Waals surface area contributed by atoms with Crippen molar-refractivity contribution in [2.45, 2.75) is 38.8 Å². The second kappa shape index (κ2) is 7.06. The number of hydrogen-bond donors (Lipinski definition) is 1. The molecule has 0 spiro atoms. The molecule has 0 aliphatic carbocycles. The molecule has 1 heterocycles. The van der Waals surface area contributed by atoms with Crippen LogP contribution in [0.25, 0.3) is 0 Å². The van der Waals surface area contributed by atoms with Gasteiger partial charge in [-0.3, -0.25) is 4.79 Å². The molecule has 1 amide bonds. The standard InChI is InChI=1S/C15H15F5N2O4/c1-3-25-11-6-9(4-5-10(11)26-13(16)17)12(23)22-14(24,15(18,19)20)7-8(2)21-22/h4-6,13,24H,3,7H2,1-2H3. The van der Waals surface area contributed by atoms with E-state index in [1.54, 1.807) is 0 Å². The van der Waals surface area contributed by atoms with Gasteiger partial charge in [-0.25, -0.2) is 0 Å². The van der Waals surface area contributed by atoms with Crippen LogP contribution in [0.3, 0.4) is 0 Å². The Bertz CT molecular complexity index is 722. The molecule has 6 nitrogen and oxygen atoms in total. The van der Waals surface area contributed by atoms with Gasteiger partial charge in [-0.2, -0.15) is 32.1 Å². The quantitative estimate of drug-likeness (QED) is 0.795. The maximum absolute atomic E-state index is 13.2. The van der Waals surface area contributed by atoms with E-state index in [1.807, 2.05) is 0 Å². The summed E-state index contributed by atoms with van der Waals surface area (Å²) in [5.41, 5.74) is -3.94. The van der Waals surface area contributed by atoms with Crippen molar-refractivity contribution >= 4 is 11.6 Å². The Kier molecular flexibility index (Phi) is 5.40. The fourth-order valence-electron chi connectivity index (χ4n) is 2.38. The van der Waals surface area contributed by atoms with Gasteiger partial charge in [0.1, 0.15) is 0 Å². The minimum absolute atomic E-state index is 0.0324. The molecule has 0 saturated heterocycles. The predicted octanol–water partition coefficient (Wildman–Crippen LogP) is 3.16. The van der Waals surface area contributed by atoms with E-state index in [4.69, 9.17) is 4.74 Å². The van der Waals surface area contributed by atoms with Crippen molar-refractivity contribution in [3.63, 3.8) is 0 Å². The van der Waals surface area contributed by atoms with Crippen LogP contribution in [-0.4, -0.2) is 46.9 Å². The lowest BCUT2D eigenvalue weighted by atomic mass is 10.1. The number of carbonyl (C=O) groups excluding carboxylic acids is 1. The van der Waals surface area contributed by atoms with E-state index < -0.39 is 30.8 Å². The summed E-state index contributed by atoms with van der Waals surface area (Å²) in [4.78, 5) is 12.5. The number of amides is 1. The zero-order valence-corrected chi connectivity index (χ0v) is 13.7. The first-order valence-corrected chi connectivity index (χ1v) is 7.39. The third-order valence-electron chi connectivity index (χ3n) is 3.48. The first-order valence-electron chi connectivity index (χ1n) is 7.39. The Morgan fingerprint density at radius 2 is 2.04 bits per heavy atom. The van der Waals surface area contributed by atoms with Gasteiger partial charge in [0.15, 0.2) is 11.5 Å². The number of hydrazone groups is 1. The maximum atomic E-state index is 13.2. The second-order valence-corrected chi connectivity index (χ2v) is 5.42. The highest BCUT2D eigenvalue weighted by atomic mass is 19.4. The van der Waals surface area contributed by atoms with Gasteiger partial charge >= 0.3 is 12.8 Å². The number of hydrogen-bond acceptors (Lipinski definition) is 5. The summed E-state index contributed by atoms with van der Waals surface area (Å²) in [6.07, 6.45) is -6.04. The van der Waals surface area contributed by atoms with Crippen molar-refractivity contribution in [2.75, 3.05) is 6.61 Å². The number of nitrogens with zero attached hydrogens (tertiary/aromatic N) is 2. The predicted molar refractivity (Wildman–Crippen MR) is 79.1 cm³/mol. The maximum Gasteiger partial charge on any atom is 0.438 e. The van der Waals surface area contributed by atoms with E-state index in [9.17, 15) is 31.9 Å². The summed E-state index contributed by atoms with van der Waals surface area (Å²) in [5.74, 6) is -1.91. The Morgan fingerprint density at radius 3 is 2.58 bits per heavy atom. The Morgan fingerprint density at radius 1 is 1.38 bits per heavy atom. The van der Waals surface area contributed by atoms with Crippen LogP contribution in [0.4, 0.5) is 22.0 Å². The number of carbonyl (C=O) groups is 1. The monoisotopic (exact) mass is 382 g/mol. The number of ether oxygens (including phenoxy) is 2. The molecule has 0 saturated carbocycles. The number of halogens is 5. The first kappa shape index (κ1) is 19.9. The Labute approximate surface area is 144 Å². The molecule has 11 heteroatoms. The molecule has 1 aliphatic heterocycles. The molecule has 26 heavy (non-hydrogen) atoms. The van der Waals surface area contributed by atoms with Crippen molar-refractivity contribution in [1.82, 2.24) is 5.01 Å². The Hall–Kier alpha value is -2.43. The summed E-state index contributed by atoms with van der Waals surface area (Å²) >= 11 is 0. The molecule has 1 atom stereocenters. The van der Waals surface area contributed by atoms with Crippen LogP contribution in [0.15, 0.2) is 23.3 Å². The van der Waals surface area contributed by atoms with Crippen molar-refractivity contribution < 1.29 is 41.3 Å². The SMILES string of the molecule is CCOc1cc(C(=O)N2N=C(C)CC2(O)C(F)(F)F)ccc1OC(F)F. The number of aliphatic hydroxyl groups is 1. The molecule has 0 fully saturated rings. The van der Waals surface area contributed by atoms with Gasteiger partial charge < -0.3 is 14.6 Å². The summed E-state index contributed by atoms with van der Waals surface area (Å²) in [6, 6.07) is 2.88. The van der Waals surface area contributed by atoms with Gasteiger partial charge in [-0.15, -0.1) is 0 Å². The lowest BCUT2D eigenvalue weighted by Gasteiger charge is -2.32. The molecule has 1 aromatic carbocycles. The van der Waals surface area contributed by atoms with Crippen LogP contribution in [-0.2, 0) is 0 Å². The van der Waals surface area contributed by atoms with Gasteiger partial charge in [0.2, 0.25) is 0 Å². The van der Waals surface area contributed by atoms with E-state index >= 15 is 0 Å². The highest BCUT2D eigenvalue weighted by Gasteiger charge is 2.62. The molecule has 1 aromatic rings. The Balaban J connectivity index is 2.41. The molecule has 0 radical (unpaired) electrons. The molecule has 2 rings (SSSR count). The lowest BCUT2D eigenvalue weighted by molar-refractivity contribution is -0.297. The van der Waals surface area contributed by atoms with Crippen molar-refractivity contribution in [2.24, 2.45) is 5.10 Å². The molecule has 1 aliphatic rings. The van der Waals surface area contributed by atoms with E-state index in [1.165, 1.54) is 13.8 Å². The van der Waals surface area contributed by atoms with Crippen LogP contribution >= 0.6 is 0 Å². The van der Waals surface area contributed by atoms with Crippen molar-refractivity contribution in [1.29, 1.82) is 0 Å². The fraction of sp³-hybridized carbons (Fsp3) is 0.467. The molecule has 1 N–H and O–H groups in total. The minimum Gasteiger partial charge on any atom is -0.490 e. The van der Waals surface area contributed by atoms with Crippen LogP contribution in [0.2, 0.25) is 0 Å². The van der Waals surface area contributed by atoms with Gasteiger partial charge in [0.05, 0.1) is 6.61 Å². The van der Waals surface area contributed by atoms with E-state index in [2.05, 4.69) is 9.84 Å². The molecule has 1 unspecified atom stereocenters. The lowest BCUT2D eigenvalue weighted by Crippen LogP contribution is -2.56. The average molecular weight is 382 g/mol. The topological polar surface area (TPSA) is 71.4 Å². The smallest absolute Gasteiger partial charge is 0.438 e. The van der Waals surface area contributed by atoms with Crippen LogP contribution in [0.1, 0.15) is 30.6 Å². The number of benzene rings is 1. The van der Waals surface area contributed by atoms with E-state index in [0.29, 0.717) is 0 Å². The zero-order chi connectivity index (χ0) is 19.7. The normalized spacial score (nSPS) is 20.3. The molecular weight excluding hydrogens is 367 g/mol. The third kappa shape index (κ3) is 3.71. The van der Waals surface area contributed by atoms with Crippen LogP contribution in [0, 0.1) is 0 Å². The van der Waals surface area contributed by atoms with E-state index in [0.717, 1.165) is 18.2 Å². The molecule has 0 bridgehead atoms. The van der Waals surface area contributed by atoms with Crippen molar-refractivity contribution in [3.8, 4) is 11.5 Å². The largest absolute Gasteiger partial charge is 0.490 e. The molecular formula is C15H15F5N2O4. The zero-order valence-electron chi connectivity index (χ0n) is 13.7. The van der Waals surface area contributed by atoms with Gasteiger partial charge in [-0.1, -0.05) is 0 Å². The molecule has 144 valence electrons. The highest BCUT2D eigenvalue weighted by Crippen LogP contribution is 2.41. The van der Waals surface area contributed by atoms with Crippen LogP contribution < -0.4 is 9.47 Å². The van der Waals surface area contributed by atoms with Gasteiger partial charge in [0, 0.05) is 17.7 Å². The summed E-state index contributed by atoms with van der Waals surface area (Å²) < 4.78 is 73.7. The second-order valence-electron chi connectivity index (χ2n) is 5.42. The van der Waals surface area contributed by atoms with E-state index in [-0.39, 0.29) is 34.4 Å². The minimum atomic E-state index is -5.15. The summed E-state index contributed by atoms with van der Waals surface area (Å²) in [7, 11) is 0. The average Bonchev–Trinajstić information content (AvgIpc) is 2.84. The van der Waals surface area contributed by atoms with Crippen LogP contribution in [0.5, 0.6) is 11.5 Å². The highest BCUT2D eigenvalue weighted by molar-refractivity contribution is 5.98. The van der Waals surface area contributed by atoms with Gasteiger partial charge in [-0.05, 0) is 32.0 Å².